The molecule has 150 valence electrons. The van der Waals surface area contributed by atoms with Crippen LogP contribution in [0.3, 0.4) is 0 Å². The summed E-state index contributed by atoms with van der Waals surface area (Å²) >= 11 is 0. The van der Waals surface area contributed by atoms with E-state index in [9.17, 15) is 4.79 Å². The van der Waals surface area contributed by atoms with Crippen LogP contribution in [-0.2, 0) is 0 Å². The van der Waals surface area contributed by atoms with E-state index in [4.69, 9.17) is 4.52 Å². The molecule has 0 unspecified atom stereocenters. The maximum absolute atomic E-state index is 12.8. The van der Waals surface area contributed by atoms with Crippen LogP contribution in [0.15, 0.2) is 66.2 Å². The summed E-state index contributed by atoms with van der Waals surface area (Å²) in [5.41, 5.74) is 1.08. The van der Waals surface area contributed by atoms with Gasteiger partial charge in [0.05, 0.1) is 0 Å². The molecule has 30 heavy (non-hydrogen) atoms. The maximum atomic E-state index is 12.8. The molecule has 1 saturated heterocycles. The molecule has 1 fully saturated rings. The topological polar surface area (TPSA) is 106 Å². The normalized spacial score (nSPS) is 14.1. The number of nitrogens with zero attached hydrogens (tertiary/aromatic N) is 8. The molecular formula is C20H18N8O2. The second kappa shape index (κ2) is 7.74. The van der Waals surface area contributed by atoms with Crippen molar-refractivity contribution in [2.45, 2.75) is 0 Å². The minimum atomic E-state index is -0.143. The van der Waals surface area contributed by atoms with Gasteiger partial charge in [-0.15, -0.1) is 0 Å². The van der Waals surface area contributed by atoms with Crippen LogP contribution in [0.5, 0.6) is 0 Å². The molecule has 10 heteroatoms. The van der Waals surface area contributed by atoms with Crippen molar-refractivity contribution in [3.8, 4) is 17.1 Å². The molecule has 0 aromatic carbocycles. The Morgan fingerprint density at radius 3 is 2.63 bits per heavy atom. The molecule has 4 aromatic heterocycles. The lowest BCUT2D eigenvalue weighted by Gasteiger charge is -2.35. The summed E-state index contributed by atoms with van der Waals surface area (Å²) in [5, 5.41) is 3.95. The predicted octanol–water partition coefficient (Wildman–Crippen LogP) is 1.67. The third kappa shape index (κ3) is 3.50. The number of imidazole rings is 1. The zero-order valence-corrected chi connectivity index (χ0v) is 16.0. The summed E-state index contributed by atoms with van der Waals surface area (Å²) in [6.45, 7) is 2.47. The minimum absolute atomic E-state index is 0.143. The second-order valence-corrected chi connectivity index (χ2v) is 6.80. The molecule has 1 aliphatic rings. The standard InChI is InChI=1S/C20H18N8O2/c29-20(16-10-17(30-25-16)15-2-1-3-21-12-15)27-8-6-26(7-9-27)18-11-19(24-13-23-18)28-5-4-22-14-28/h1-5,10-14H,6-9H2. The fourth-order valence-corrected chi connectivity index (χ4v) is 3.37. The summed E-state index contributed by atoms with van der Waals surface area (Å²) < 4.78 is 7.16. The van der Waals surface area contributed by atoms with Gasteiger partial charge in [0.15, 0.2) is 11.5 Å². The van der Waals surface area contributed by atoms with Crippen molar-refractivity contribution in [1.82, 2.24) is 34.6 Å². The highest BCUT2D eigenvalue weighted by Gasteiger charge is 2.25. The zero-order chi connectivity index (χ0) is 20.3. The van der Waals surface area contributed by atoms with E-state index in [1.54, 1.807) is 35.9 Å². The monoisotopic (exact) mass is 402 g/mol. The number of rotatable bonds is 4. The maximum Gasteiger partial charge on any atom is 0.276 e. The van der Waals surface area contributed by atoms with E-state index in [0.29, 0.717) is 37.6 Å². The van der Waals surface area contributed by atoms with Crippen molar-refractivity contribution in [3.05, 3.63) is 67.4 Å². The number of hydrogen-bond donors (Lipinski definition) is 0. The number of piperazine rings is 1. The Kier molecular flexibility index (Phi) is 4.64. The molecule has 1 aliphatic heterocycles. The van der Waals surface area contributed by atoms with Gasteiger partial charge in [0, 0.05) is 68.7 Å². The highest BCUT2D eigenvalue weighted by molar-refractivity contribution is 5.93. The van der Waals surface area contributed by atoms with Gasteiger partial charge in [-0.1, -0.05) is 5.16 Å². The Morgan fingerprint density at radius 2 is 1.87 bits per heavy atom. The van der Waals surface area contributed by atoms with E-state index in [2.05, 4.69) is 30.0 Å². The third-order valence-corrected chi connectivity index (χ3v) is 4.97. The second-order valence-electron chi connectivity index (χ2n) is 6.80. The van der Waals surface area contributed by atoms with E-state index < -0.39 is 0 Å². The Balaban J connectivity index is 1.25. The minimum Gasteiger partial charge on any atom is -0.355 e. The molecule has 0 saturated carbocycles. The lowest BCUT2D eigenvalue weighted by molar-refractivity contribution is 0.0736. The van der Waals surface area contributed by atoms with Crippen molar-refractivity contribution in [2.75, 3.05) is 31.1 Å². The summed E-state index contributed by atoms with van der Waals surface area (Å²) in [7, 11) is 0. The third-order valence-electron chi connectivity index (χ3n) is 4.97. The van der Waals surface area contributed by atoms with Gasteiger partial charge in [-0.25, -0.2) is 15.0 Å². The number of hydrogen-bond acceptors (Lipinski definition) is 8. The van der Waals surface area contributed by atoms with E-state index >= 15 is 0 Å². The van der Waals surface area contributed by atoms with Crippen LogP contribution >= 0.6 is 0 Å². The van der Waals surface area contributed by atoms with Gasteiger partial charge in [-0.2, -0.15) is 0 Å². The fourth-order valence-electron chi connectivity index (χ4n) is 3.37. The number of anilines is 1. The van der Waals surface area contributed by atoms with Crippen LogP contribution < -0.4 is 4.90 Å². The molecule has 5 rings (SSSR count). The van der Waals surface area contributed by atoms with Crippen LogP contribution in [0.2, 0.25) is 0 Å². The molecule has 0 aliphatic carbocycles. The van der Waals surface area contributed by atoms with Gasteiger partial charge in [0.25, 0.3) is 5.91 Å². The highest BCUT2D eigenvalue weighted by atomic mass is 16.5. The lowest BCUT2D eigenvalue weighted by Crippen LogP contribution is -2.49. The largest absolute Gasteiger partial charge is 0.355 e. The molecule has 10 nitrogen and oxygen atoms in total. The summed E-state index contributed by atoms with van der Waals surface area (Å²) in [4.78, 5) is 33.5. The van der Waals surface area contributed by atoms with Crippen LogP contribution in [0.25, 0.3) is 17.1 Å². The predicted molar refractivity (Wildman–Crippen MR) is 107 cm³/mol. The van der Waals surface area contributed by atoms with Crippen LogP contribution in [0.4, 0.5) is 5.82 Å². The number of carbonyl (C=O) groups is 1. The van der Waals surface area contributed by atoms with Crippen molar-refractivity contribution in [2.24, 2.45) is 0 Å². The molecule has 1 amide bonds. The highest BCUT2D eigenvalue weighted by Crippen LogP contribution is 2.21. The van der Waals surface area contributed by atoms with E-state index in [1.807, 2.05) is 29.0 Å². The average molecular weight is 402 g/mol. The van der Waals surface area contributed by atoms with Crippen LogP contribution in [0.1, 0.15) is 10.5 Å². The van der Waals surface area contributed by atoms with Crippen LogP contribution in [0, 0.1) is 0 Å². The smallest absolute Gasteiger partial charge is 0.276 e. The Hall–Kier alpha value is -4.08. The summed E-state index contributed by atoms with van der Waals surface area (Å²) in [6.07, 6.45) is 10.1. The molecule has 0 atom stereocenters. The Labute approximate surface area is 171 Å². The van der Waals surface area contributed by atoms with Crippen molar-refractivity contribution < 1.29 is 9.32 Å². The first-order valence-electron chi connectivity index (χ1n) is 9.50. The lowest BCUT2D eigenvalue weighted by atomic mass is 10.2. The Bertz CT molecular complexity index is 1130. The van der Waals surface area contributed by atoms with Crippen LogP contribution in [-0.4, -0.2) is 66.6 Å². The molecular weight excluding hydrogens is 384 g/mol. The van der Waals surface area contributed by atoms with Gasteiger partial charge in [-0.05, 0) is 12.1 Å². The SMILES string of the molecule is O=C(c1cc(-c2cccnc2)on1)N1CCN(c2cc(-n3ccnc3)ncn2)CC1. The first-order valence-corrected chi connectivity index (χ1v) is 9.50. The quantitative estimate of drug-likeness (QED) is 0.508. The zero-order valence-electron chi connectivity index (χ0n) is 16.0. The van der Waals surface area contributed by atoms with E-state index in [1.165, 1.54) is 6.33 Å². The summed E-state index contributed by atoms with van der Waals surface area (Å²) in [5.74, 6) is 1.95. The molecule has 0 bridgehead atoms. The molecule has 0 N–H and O–H groups in total. The van der Waals surface area contributed by atoms with Crippen molar-refractivity contribution >= 4 is 11.7 Å². The number of carbonyl (C=O) groups excluding carboxylic acids is 1. The van der Waals surface area contributed by atoms with Crippen molar-refractivity contribution in [1.29, 1.82) is 0 Å². The fraction of sp³-hybridized carbons (Fsp3) is 0.200. The van der Waals surface area contributed by atoms with E-state index in [-0.39, 0.29) is 5.91 Å². The number of amides is 1. The summed E-state index contributed by atoms with van der Waals surface area (Å²) in [6, 6.07) is 7.24. The van der Waals surface area contributed by atoms with Gasteiger partial charge in [0.1, 0.15) is 24.3 Å². The molecule has 4 aromatic rings. The van der Waals surface area contributed by atoms with Gasteiger partial charge < -0.3 is 14.3 Å². The van der Waals surface area contributed by atoms with Gasteiger partial charge in [-0.3, -0.25) is 14.3 Å². The Morgan fingerprint density at radius 1 is 1.00 bits per heavy atom. The molecule has 0 spiro atoms. The van der Waals surface area contributed by atoms with Crippen molar-refractivity contribution in [3.63, 3.8) is 0 Å². The number of aromatic nitrogens is 6. The molecule has 5 heterocycles. The first-order chi connectivity index (χ1) is 14.8. The first kappa shape index (κ1) is 18.0. The molecule has 0 radical (unpaired) electrons. The van der Waals surface area contributed by atoms with E-state index in [0.717, 1.165) is 17.2 Å². The number of pyridine rings is 1. The average Bonchev–Trinajstić information content (AvgIpc) is 3.52. The van der Waals surface area contributed by atoms with Gasteiger partial charge in [0.2, 0.25) is 0 Å². The van der Waals surface area contributed by atoms with Gasteiger partial charge >= 0.3 is 0 Å².